The summed E-state index contributed by atoms with van der Waals surface area (Å²) in [7, 11) is 0. The fraction of sp³-hybridized carbons (Fsp3) is 0.143. The first-order valence-electron chi connectivity index (χ1n) is 6.01. The lowest BCUT2D eigenvalue weighted by molar-refractivity contribution is -0.305. The number of carbonyl (C=O) groups is 1. The largest absolute Gasteiger partial charge is 0.550 e. The van der Waals surface area contributed by atoms with Gasteiger partial charge in [0.05, 0.1) is 0 Å². The molecular weight excluding hydrogens is 324 g/mol. The molecule has 0 aliphatic carbocycles. The molecule has 0 radical (unpaired) electrons. The van der Waals surface area contributed by atoms with Gasteiger partial charge in [0.2, 0.25) is 0 Å². The van der Waals surface area contributed by atoms with Crippen LogP contribution in [0.4, 0.5) is 0 Å². The van der Waals surface area contributed by atoms with Gasteiger partial charge in [-0.1, -0.05) is 22.9 Å². The highest BCUT2D eigenvalue weighted by molar-refractivity contribution is 9.10. The van der Waals surface area contributed by atoms with E-state index in [4.69, 9.17) is 0 Å². The second-order valence-corrected chi connectivity index (χ2v) is 5.05. The molecule has 104 valence electrons. The molecule has 5 nitrogen and oxygen atoms in total. The van der Waals surface area contributed by atoms with Gasteiger partial charge in [-0.2, -0.15) is 0 Å². The molecule has 0 bridgehead atoms. The summed E-state index contributed by atoms with van der Waals surface area (Å²) in [6.45, 7) is 1.54. The van der Waals surface area contributed by atoms with Crippen molar-refractivity contribution in [3.8, 4) is 0 Å². The summed E-state index contributed by atoms with van der Waals surface area (Å²) in [6, 6.07) is 7.73. The van der Waals surface area contributed by atoms with Gasteiger partial charge in [0.25, 0.3) is 5.56 Å². The Hall–Kier alpha value is -2.08. The predicted molar refractivity (Wildman–Crippen MR) is 79.4 cm³/mol. The first-order chi connectivity index (χ1) is 9.52. The van der Waals surface area contributed by atoms with Crippen LogP contribution in [0.1, 0.15) is 13.3 Å². The number of carbonyl (C=O) groups excluding carboxylic acids is 1. The van der Waals surface area contributed by atoms with Crippen LogP contribution in [0.25, 0.3) is 21.8 Å². The molecule has 0 saturated carbocycles. The summed E-state index contributed by atoms with van der Waals surface area (Å²) < 4.78 is 1.00. The van der Waals surface area contributed by atoms with Gasteiger partial charge in [-0.05, 0) is 30.7 Å². The maximum atomic E-state index is 11.6. The van der Waals surface area contributed by atoms with E-state index in [2.05, 4.69) is 25.9 Å². The SMILES string of the molecule is CCC(=O)[O-].O=c1[nH]c2ccc(Br)cc2c2cc[nH]c12. The van der Waals surface area contributed by atoms with Crippen LogP contribution < -0.4 is 10.7 Å². The highest BCUT2D eigenvalue weighted by atomic mass is 79.9. The van der Waals surface area contributed by atoms with Gasteiger partial charge in [0, 0.05) is 32.9 Å². The lowest BCUT2D eigenvalue weighted by Gasteiger charge is -2.00. The molecule has 3 aromatic rings. The Kier molecular flexibility index (Phi) is 4.24. The average molecular weight is 336 g/mol. The van der Waals surface area contributed by atoms with Crippen molar-refractivity contribution in [3.05, 3.63) is 45.3 Å². The normalized spacial score (nSPS) is 10.3. The molecule has 2 heterocycles. The minimum atomic E-state index is -0.995. The summed E-state index contributed by atoms with van der Waals surface area (Å²) >= 11 is 3.42. The Balaban J connectivity index is 0.000000257. The number of H-pyrrole nitrogens is 2. The highest BCUT2D eigenvalue weighted by Gasteiger charge is 2.05. The summed E-state index contributed by atoms with van der Waals surface area (Å²) in [5.74, 6) is -0.995. The maximum Gasteiger partial charge on any atom is 0.272 e. The number of aromatic amines is 2. The Morgan fingerprint density at radius 3 is 2.65 bits per heavy atom. The number of nitrogens with one attached hydrogen (secondary N) is 2. The molecule has 3 rings (SSSR count). The fourth-order valence-electron chi connectivity index (χ4n) is 1.81. The van der Waals surface area contributed by atoms with Crippen LogP contribution in [-0.4, -0.2) is 15.9 Å². The minimum absolute atomic E-state index is 0.0789. The van der Waals surface area contributed by atoms with Gasteiger partial charge < -0.3 is 19.9 Å². The number of rotatable bonds is 1. The molecule has 6 heteroatoms. The predicted octanol–water partition coefficient (Wildman–Crippen LogP) is 1.92. The van der Waals surface area contributed by atoms with Crippen molar-refractivity contribution in [2.24, 2.45) is 0 Å². The Morgan fingerprint density at radius 1 is 1.30 bits per heavy atom. The second-order valence-electron chi connectivity index (χ2n) is 4.14. The van der Waals surface area contributed by atoms with Crippen molar-refractivity contribution in [1.29, 1.82) is 0 Å². The molecule has 0 unspecified atom stereocenters. The van der Waals surface area contributed by atoms with Crippen LogP contribution in [0.3, 0.4) is 0 Å². The second kappa shape index (κ2) is 5.92. The van der Waals surface area contributed by atoms with E-state index in [-0.39, 0.29) is 12.0 Å². The van der Waals surface area contributed by atoms with E-state index in [0.29, 0.717) is 5.52 Å². The van der Waals surface area contributed by atoms with E-state index >= 15 is 0 Å². The van der Waals surface area contributed by atoms with E-state index < -0.39 is 5.97 Å². The number of benzene rings is 1. The molecule has 0 fully saturated rings. The number of fused-ring (bicyclic) bond motifs is 3. The van der Waals surface area contributed by atoms with E-state index in [0.717, 1.165) is 20.8 Å². The molecule has 1 aromatic carbocycles. The average Bonchev–Trinajstić information content (AvgIpc) is 2.91. The fourth-order valence-corrected chi connectivity index (χ4v) is 2.18. The Labute approximate surface area is 122 Å². The van der Waals surface area contributed by atoms with Crippen LogP contribution in [0.5, 0.6) is 0 Å². The Morgan fingerprint density at radius 2 is 2.00 bits per heavy atom. The molecule has 20 heavy (non-hydrogen) atoms. The minimum Gasteiger partial charge on any atom is -0.550 e. The van der Waals surface area contributed by atoms with E-state index in [1.807, 2.05) is 24.3 Å². The quantitative estimate of drug-likeness (QED) is 0.711. The van der Waals surface area contributed by atoms with Gasteiger partial charge in [0.15, 0.2) is 0 Å². The van der Waals surface area contributed by atoms with Crippen molar-refractivity contribution in [2.75, 3.05) is 0 Å². The molecular formula is C14H12BrN2O3-. The van der Waals surface area contributed by atoms with Crippen molar-refractivity contribution >= 4 is 43.7 Å². The summed E-state index contributed by atoms with van der Waals surface area (Å²) in [5.41, 5.74) is 1.40. The smallest absolute Gasteiger partial charge is 0.272 e. The third-order valence-electron chi connectivity index (χ3n) is 2.78. The summed E-state index contributed by atoms with van der Waals surface area (Å²) in [5, 5.41) is 11.3. The molecule has 0 saturated heterocycles. The Bertz CT molecular complexity index is 820. The number of aliphatic carboxylic acids is 1. The topological polar surface area (TPSA) is 88.8 Å². The zero-order valence-electron chi connectivity index (χ0n) is 10.7. The molecule has 0 aliphatic heterocycles. The van der Waals surface area contributed by atoms with E-state index in [1.54, 1.807) is 6.20 Å². The first-order valence-corrected chi connectivity index (χ1v) is 6.80. The van der Waals surface area contributed by atoms with Crippen molar-refractivity contribution in [2.45, 2.75) is 13.3 Å². The molecule has 0 aliphatic rings. The monoisotopic (exact) mass is 335 g/mol. The van der Waals surface area contributed by atoms with Gasteiger partial charge in [-0.15, -0.1) is 0 Å². The third-order valence-corrected chi connectivity index (χ3v) is 3.28. The third kappa shape index (κ3) is 2.91. The number of carboxylic acids is 1. The van der Waals surface area contributed by atoms with Crippen LogP contribution in [-0.2, 0) is 4.79 Å². The standard InChI is InChI=1S/C11H7BrN2O.C3H6O2/c12-6-1-2-9-8(5-6)7-3-4-13-10(7)11(15)14-9;1-2-3(4)5/h1-5,13H,(H,14,15);2H2,1H3,(H,4,5)/p-1. The van der Waals surface area contributed by atoms with Crippen molar-refractivity contribution < 1.29 is 9.90 Å². The number of hydrogen-bond acceptors (Lipinski definition) is 3. The van der Waals surface area contributed by atoms with Gasteiger partial charge >= 0.3 is 0 Å². The molecule has 0 amide bonds. The lowest BCUT2D eigenvalue weighted by Crippen LogP contribution is -2.19. The number of carboxylic acid groups (broad SMARTS) is 1. The van der Waals surface area contributed by atoms with Crippen LogP contribution >= 0.6 is 15.9 Å². The maximum absolute atomic E-state index is 11.6. The van der Waals surface area contributed by atoms with Crippen molar-refractivity contribution in [3.63, 3.8) is 0 Å². The van der Waals surface area contributed by atoms with E-state index in [1.165, 1.54) is 6.92 Å². The van der Waals surface area contributed by atoms with Crippen LogP contribution in [0, 0.1) is 0 Å². The molecule has 2 aromatic heterocycles. The van der Waals surface area contributed by atoms with Gasteiger partial charge in [-0.3, -0.25) is 4.79 Å². The lowest BCUT2D eigenvalue weighted by atomic mass is 10.1. The number of hydrogen-bond donors (Lipinski definition) is 2. The molecule has 0 atom stereocenters. The van der Waals surface area contributed by atoms with Crippen LogP contribution in [0.15, 0.2) is 39.7 Å². The summed E-state index contributed by atoms with van der Waals surface area (Å²) in [4.78, 5) is 26.7. The first kappa shape index (κ1) is 14.3. The molecule has 0 spiro atoms. The van der Waals surface area contributed by atoms with Gasteiger partial charge in [-0.25, -0.2) is 0 Å². The zero-order valence-corrected chi connectivity index (χ0v) is 12.3. The molecule has 2 N–H and O–H groups in total. The van der Waals surface area contributed by atoms with Crippen LogP contribution in [0.2, 0.25) is 0 Å². The number of halogens is 1. The summed E-state index contributed by atoms with van der Waals surface area (Å²) in [6.07, 6.45) is 1.89. The van der Waals surface area contributed by atoms with Gasteiger partial charge in [0.1, 0.15) is 5.52 Å². The zero-order chi connectivity index (χ0) is 14.7. The highest BCUT2D eigenvalue weighted by Crippen LogP contribution is 2.23. The van der Waals surface area contributed by atoms with E-state index in [9.17, 15) is 14.7 Å². The number of pyridine rings is 1. The van der Waals surface area contributed by atoms with Crippen molar-refractivity contribution in [1.82, 2.24) is 9.97 Å². The number of aromatic nitrogens is 2.